The summed E-state index contributed by atoms with van der Waals surface area (Å²) in [6, 6.07) is 3.99. The molecule has 0 aliphatic heterocycles. The number of hydrogen-bond acceptors (Lipinski definition) is 5. The first-order chi connectivity index (χ1) is 10.4. The van der Waals surface area contributed by atoms with Crippen molar-refractivity contribution < 1.29 is 4.79 Å². The van der Waals surface area contributed by atoms with E-state index in [9.17, 15) is 4.79 Å². The monoisotopic (exact) mass is 313 g/mol. The number of hydrogen-bond donors (Lipinski definition) is 0. The summed E-state index contributed by atoms with van der Waals surface area (Å²) in [5.74, 6) is 0.614. The van der Waals surface area contributed by atoms with E-state index in [1.54, 1.807) is 0 Å². The predicted octanol–water partition coefficient (Wildman–Crippen LogP) is 3.34. The highest BCUT2D eigenvalue weighted by molar-refractivity contribution is 7.99. The quantitative estimate of drug-likeness (QED) is 0.642. The molecule has 0 bridgehead atoms. The number of carbonyl (C=O) groups is 1. The Morgan fingerprint density at radius 3 is 2.86 bits per heavy atom. The van der Waals surface area contributed by atoms with Crippen LogP contribution in [0.3, 0.4) is 0 Å². The van der Waals surface area contributed by atoms with E-state index in [-0.39, 0.29) is 11.2 Å². The van der Waals surface area contributed by atoms with Crippen molar-refractivity contribution >= 4 is 17.5 Å². The Morgan fingerprint density at radius 1 is 1.27 bits per heavy atom. The van der Waals surface area contributed by atoms with Crippen LogP contribution in [0.5, 0.6) is 0 Å². The molecule has 2 aromatic rings. The van der Waals surface area contributed by atoms with E-state index in [0.717, 1.165) is 35.4 Å². The second-order valence-electron chi connectivity index (χ2n) is 6.49. The highest BCUT2D eigenvalue weighted by Crippen LogP contribution is 2.31. The Bertz CT molecular complexity index is 722. The van der Waals surface area contributed by atoms with Gasteiger partial charge in [-0.1, -0.05) is 32.5 Å². The summed E-state index contributed by atoms with van der Waals surface area (Å²) in [6.07, 6.45) is 5.57. The lowest BCUT2D eigenvalue weighted by atomic mass is 9.92. The van der Waals surface area contributed by atoms with Gasteiger partial charge in [-0.25, -0.2) is 9.97 Å². The minimum absolute atomic E-state index is 0.209. The number of nitrogens with zero attached hydrogens (tertiary/aromatic N) is 3. The van der Waals surface area contributed by atoms with Crippen molar-refractivity contribution in [1.82, 2.24) is 15.0 Å². The number of rotatable bonds is 3. The average Bonchev–Trinajstić information content (AvgIpc) is 2.51. The fraction of sp³-hybridized carbons (Fsp3) is 0.412. The first-order valence-corrected chi connectivity index (χ1v) is 8.40. The Kier molecular flexibility index (Phi) is 4.00. The second-order valence-corrected chi connectivity index (χ2v) is 7.43. The van der Waals surface area contributed by atoms with E-state index in [2.05, 4.69) is 21.0 Å². The molecule has 0 aromatic carbocycles. The van der Waals surface area contributed by atoms with Crippen molar-refractivity contribution in [2.75, 3.05) is 5.75 Å². The lowest BCUT2D eigenvalue weighted by Gasteiger charge is -2.18. The molecule has 1 aliphatic carbocycles. The maximum atomic E-state index is 12.0. The van der Waals surface area contributed by atoms with Crippen LogP contribution in [0, 0.1) is 5.41 Å². The molecular weight excluding hydrogens is 294 g/mol. The van der Waals surface area contributed by atoms with Gasteiger partial charge in [0.25, 0.3) is 0 Å². The van der Waals surface area contributed by atoms with Crippen LogP contribution in [-0.2, 0) is 17.6 Å². The molecule has 3 rings (SSSR count). The smallest absolute Gasteiger partial charge is 0.188 e. The fourth-order valence-corrected chi connectivity index (χ4v) is 3.31. The van der Waals surface area contributed by atoms with E-state index in [1.807, 2.05) is 39.2 Å². The Hall–Kier alpha value is -1.75. The van der Waals surface area contributed by atoms with Crippen LogP contribution in [0.25, 0.3) is 11.3 Å². The maximum Gasteiger partial charge on any atom is 0.188 e. The third-order valence-electron chi connectivity index (χ3n) is 3.79. The number of pyridine rings is 1. The Morgan fingerprint density at radius 2 is 2.09 bits per heavy atom. The molecule has 114 valence electrons. The molecule has 5 heteroatoms. The highest BCUT2D eigenvalue weighted by atomic mass is 32.2. The molecule has 0 unspecified atom stereocenters. The van der Waals surface area contributed by atoms with Crippen molar-refractivity contribution in [2.45, 2.75) is 38.8 Å². The number of Topliss-reactive ketones (excluding diaryl/α,β-unsaturated/α-hetero) is 1. The molecular formula is C17H19N3OS. The van der Waals surface area contributed by atoms with Crippen molar-refractivity contribution in [3.63, 3.8) is 0 Å². The van der Waals surface area contributed by atoms with Gasteiger partial charge in [0, 0.05) is 23.4 Å². The summed E-state index contributed by atoms with van der Waals surface area (Å²) >= 11 is 1.41. The van der Waals surface area contributed by atoms with Gasteiger partial charge < -0.3 is 0 Å². The van der Waals surface area contributed by atoms with Crippen molar-refractivity contribution in [3.05, 3.63) is 35.8 Å². The SMILES string of the molecule is CC(C)(C)C(=O)CSc1ncc2c(n1)-c1cccnc1CC2. The molecule has 2 heterocycles. The van der Waals surface area contributed by atoms with Crippen LogP contribution < -0.4 is 0 Å². The van der Waals surface area contributed by atoms with Crippen molar-refractivity contribution in [2.24, 2.45) is 5.41 Å². The van der Waals surface area contributed by atoms with Crippen molar-refractivity contribution in [1.29, 1.82) is 0 Å². The summed E-state index contributed by atoms with van der Waals surface area (Å²) in [6.45, 7) is 5.81. The summed E-state index contributed by atoms with van der Waals surface area (Å²) in [4.78, 5) is 25.5. The van der Waals surface area contributed by atoms with Crippen LogP contribution in [0.4, 0.5) is 0 Å². The molecule has 0 spiro atoms. The minimum Gasteiger partial charge on any atom is -0.298 e. The standard InChI is InChI=1S/C17H19N3OS/c1-17(2,3)14(21)10-22-16-19-9-11-6-7-13-12(15(11)20-16)5-4-8-18-13/h4-5,8-9H,6-7,10H2,1-3H3. The Balaban J connectivity index is 1.84. The van der Waals surface area contributed by atoms with Crippen LogP contribution in [0.15, 0.2) is 29.7 Å². The van der Waals surface area contributed by atoms with E-state index in [0.29, 0.717) is 10.9 Å². The molecule has 0 atom stereocenters. The number of aromatic nitrogens is 3. The zero-order chi connectivity index (χ0) is 15.7. The maximum absolute atomic E-state index is 12.0. The molecule has 0 saturated heterocycles. The highest BCUT2D eigenvalue weighted by Gasteiger charge is 2.23. The second kappa shape index (κ2) is 5.80. The number of ketones is 1. The minimum atomic E-state index is -0.322. The lowest BCUT2D eigenvalue weighted by molar-refractivity contribution is -0.123. The molecule has 4 nitrogen and oxygen atoms in total. The van der Waals surface area contributed by atoms with Gasteiger partial charge in [0.1, 0.15) is 5.78 Å². The summed E-state index contributed by atoms with van der Waals surface area (Å²) in [5, 5.41) is 0.660. The van der Waals surface area contributed by atoms with Gasteiger partial charge in [-0.15, -0.1) is 0 Å². The van der Waals surface area contributed by atoms with Gasteiger partial charge in [-0.3, -0.25) is 9.78 Å². The van der Waals surface area contributed by atoms with Crippen LogP contribution in [0.2, 0.25) is 0 Å². The van der Waals surface area contributed by atoms with Gasteiger partial charge in [0.15, 0.2) is 5.16 Å². The third-order valence-corrected chi connectivity index (χ3v) is 4.65. The van der Waals surface area contributed by atoms with E-state index in [4.69, 9.17) is 0 Å². The van der Waals surface area contributed by atoms with E-state index >= 15 is 0 Å². The molecule has 1 aliphatic rings. The molecule has 0 saturated carbocycles. The van der Waals surface area contributed by atoms with Gasteiger partial charge in [-0.05, 0) is 30.5 Å². The van der Waals surface area contributed by atoms with Crippen LogP contribution >= 0.6 is 11.8 Å². The lowest BCUT2D eigenvalue weighted by Crippen LogP contribution is -2.22. The number of aryl methyl sites for hydroxylation is 2. The molecule has 0 fully saturated rings. The summed E-state index contributed by atoms with van der Waals surface area (Å²) in [7, 11) is 0. The number of fused-ring (bicyclic) bond motifs is 3. The van der Waals surface area contributed by atoms with Gasteiger partial charge in [0.2, 0.25) is 0 Å². The fourth-order valence-electron chi connectivity index (χ4n) is 2.33. The van der Waals surface area contributed by atoms with Crippen LogP contribution in [-0.4, -0.2) is 26.5 Å². The zero-order valence-corrected chi connectivity index (χ0v) is 13.9. The molecule has 0 N–H and O–H groups in total. The predicted molar refractivity (Wildman–Crippen MR) is 87.9 cm³/mol. The topological polar surface area (TPSA) is 55.7 Å². The molecule has 0 amide bonds. The number of thioether (sulfide) groups is 1. The van der Waals surface area contributed by atoms with E-state index < -0.39 is 0 Å². The first-order valence-electron chi connectivity index (χ1n) is 7.41. The van der Waals surface area contributed by atoms with Crippen LogP contribution in [0.1, 0.15) is 32.0 Å². The molecule has 2 aromatic heterocycles. The molecule has 0 radical (unpaired) electrons. The normalized spacial score (nSPS) is 13.4. The van der Waals surface area contributed by atoms with Gasteiger partial charge in [0.05, 0.1) is 17.1 Å². The number of carbonyl (C=O) groups excluding carboxylic acids is 1. The van der Waals surface area contributed by atoms with E-state index in [1.165, 1.54) is 11.8 Å². The third kappa shape index (κ3) is 3.04. The summed E-state index contributed by atoms with van der Waals surface area (Å²) < 4.78 is 0. The average molecular weight is 313 g/mol. The Labute approximate surface area is 134 Å². The zero-order valence-electron chi connectivity index (χ0n) is 13.1. The van der Waals surface area contributed by atoms with Gasteiger partial charge in [-0.2, -0.15) is 0 Å². The largest absolute Gasteiger partial charge is 0.298 e. The van der Waals surface area contributed by atoms with Gasteiger partial charge >= 0.3 is 0 Å². The summed E-state index contributed by atoms with van der Waals surface area (Å²) in [5.41, 5.74) is 3.99. The first kappa shape index (κ1) is 15.2. The molecule has 22 heavy (non-hydrogen) atoms. The van der Waals surface area contributed by atoms with Crippen molar-refractivity contribution in [3.8, 4) is 11.3 Å².